The molecule has 11 heteroatoms. The molecule has 1 unspecified atom stereocenters. The zero-order valence-electron chi connectivity index (χ0n) is 17.8. The van der Waals surface area contributed by atoms with Gasteiger partial charge in [-0.1, -0.05) is 12.1 Å². The number of benzene rings is 2. The van der Waals surface area contributed by atoms with Crippen LogP contribution in [0.3, 0.4) is 0 Å². The summed E-state index contributed by atoms with van der Waals surface area (Å²) in [7, 11) is -4.32. The molecule has 1 atom stereocenters. The van der Waals surface area contributed by atoms with E-state index in [0.29, 0.717) is 12.3 Å². The molecule has 7 nitrogen and oxygen atoms in total. The van der Waals surface area contributed by atoms with Crippen LogP contribution >= 0.6 is 22.7 Å². The first kappa shape index (κ1) is 22.9. The number of nitrogens with zero attached hydrogens (tertiary/aromatic N) is 2. The summed E-state index contributed by atoms with van der Waals surface area (Å²) in [5.74, 6) is 0.278. The molecular weight excluding hydrogens is 495 g/mol. The Labute approximate surface area is 204 Å². The van der Waals surface area contributed by atoms with Gasteiger partial charge in [0.1, 0.15) is 5.82 Å². The van der Waals surface area contributed by atoms with E-state index in [9.17, 15) is 12.8 Å². The van der Waals surface area contributed by atoms with Gasteiger partial charge in [0.15, 0.2) is 5.13 Å². The highest BCUT2D eigenvalue weighted by molar-refractivity contribution is 7.87. The van der Waals surface area contributed by atoms with E-state index in [1.165, 1.54) is 36.3 Å². The second kappa shape index (κ2) is 9.41. The van der Waals surface area contributed by atoms with Gasteiger partial charge in [-0.2, -0.15) is 8.42 Å². The quantitative estimate of drug-likeness (QED) is 0.240. The summed E-state index contributed by atoms with van der Waals surface area (Å²) < 4.78 is 46.4. The van der Waals surface area contributed by atoms with Gasteiger partial charge in [0.2, 0.25) is 0 Å². The van der Waals surface area contributed by atoms with E-state index >= 15 is 0 Å². The largest absolute Gasteiger partial charge is 0.357 e. The average molecular weight is 517 g/mol. The Morgan fingerprint density at radius 3 is 2.44 bits per heavy atom. The van der Waals surface area contributed by atoms with Crippen molar-refractivity contribution in [3.05, 3.63) is 81.4 Å². The van der Waals surface area contributed by atoms with Crippen molar-refractivity contribution in [1.29, 1.82) is 0 Å². The first-order valence-corrected chi connectivity index (χ1v) is 13.8. The van der Waals surface area contributed by atoms with Crippen molar-refractivity contribution in [2.24, 2.45) is 0 Å². The third-order valence-electron chi connectivity index (χ3n) is 5.41. The molecule has 1 aliphatic carbocycles. The lowest BCUT2D eigenvalue weighted by Gasteiger charge is -2.17. The lowest BCUT2D eigenvalue weighted by molar-refractivity contribution is 0.489. The average Bonchev–Trinajstić information content (AvgIpc) is 3.34. The predicted octanol–water partition coefficient (Wildman–Crippen LogP) is 5.89. The van der Waals surface area contributed by atoms with Crippen LogP contribution in [0.2, 0.25) is 0 Å². The maximum Gasteiger partial charge on any atom is 0.357 e. The van der Waals surface area contributed by atoms with Gasteiger partial charge in [-0.25, -0.2) is 14.4 Å². The minimum Gasteiger partial charge on any atom is -0.353 e. The van der Waals surface area contributed by atoms with E-state index < -0.39 is 10.3 Å². The molecule has 1 saturated carbocycles. The highest BCUT2D eigenvalue weighted by Crippen LogP contribution is 2.42. The van der Waals surface area contributed by atoms with Crippen molar-refractivity contribution in [1.82, 2.24) is 9.97 Å². The smallest absolute Gasteiger partial charge is 0.353 e. The number of aromatic nitrogens is 2. The monoisotopic (exact) mass is 516 g/mol. The summed E-state index contributed by atoms with van der Waals surface area (Å²) in [6.45, 7) is 0. The molecule has 4 aromatic rings. The topological polar surface area (TPSA) is 104 Å². The lowest BCUT2D eigenvalue weighted by Crippen LogP contribution is -2.14. The third kappa shape index (κ3) is 5.79. The third-order valence-corrected chi connectivity index (χ3v) is 7.70. The molecule has 0 aliphatic heterocycles. The fourth-order valence-electron chi connectivity index (χ4n) is 3.54. The van der Waals surface area contributed by atoms with E-state index in [1.54, 1.807) is 35.6 Å². The van der Waals surface area contributed by atoms with Crippen LogP contribution in [-0.2, 0) is 16.7 Å². The van der Waals surface area contributed by atoms with Gasteiger partial charge in [-0.3, -0.25) is 9.27 Å². The van der Waals surface area contributed by atoms with Crippen LogP contribution in [0.25, 0.3) is 11.3 Å². The molecule has 1 fully saturated rings. The van der Waals surface area contributed by atoms with Crippen LogP contribution in [0.5, 0.6) is 0 Å². The summed E-state index contributed by atoms with van der Waals surface area (Å²) >= 11 is 3.15. The lowest BCUT2D eigenvalue weighted by atomic mass is 10.0. The second-order valence-electron chi connectivity index (χ2n) is 8.10. The second-order valence-corrected chi connectivity index (χ2v) is 11.0. The Balaban J connectivity index is 1.37. The summed E-state index contributed by atoms with van der Waals surface area (Å²) in [6, 6.07) is 12.9. The minimum atomic E-state index is -4.32. The van der Waals surface area contributed by atoms with Gasteiger partial charge in [0.25, 0.3) is 0 Å². The predicted molar refractivity (Wildman–Crippen MR) is 133 cm³/mol. The van der Waals surface area contributed by atoms with Crippen LogP contribution < -0.4 is 10.0 Å². The van der Waals surface area contributed by atoms with Crippen molar-refractivity contribution in [3.63, 3.8) is 0 Å². The van der Waals surface area contributed by atoms with Gasteiger partial charge in [0, 0.05) is 22.2 Å². The zero-order valence-corrected chi connectivity index (χ0v) is 20.3. The van der Waals surface area contributed by atoms with Crippen molar-refractivity contribution >= 4 is 43.8 Å². The van der Waals surface area contributed by atoms with Gasteiger partial charge < -0.3 is 5.32 Å². The number of anilines is 2. The molecule has 1 aliphatic rings. The number of nitrogens with one attached hydrogen (secondary N) is 2. The molecule has 2 heterocycles. The molecule has 0 amide bonds. The Morgan fingerprint density at radius 1 is 1.03 bits per heavy atom. The number of hydrogen-bond donors (Lipinski definition) is 3. The summed E-state index contributed by atoms with van der Waals surface area (Å²) in [5.41, 5.74) is 3.79. The van der Waals surface area contributed by atoms with Crippen molar-refractivity contribution in [3.8, 4) is 11.3 Å². The molecular formula is C23H21FN4O3S3. The maximum atomic E-state index is 13.3. The van der Waals surface area contributed by atoms with Crippen LogP contribution in [0.15, 0.2) is 59.3 Å². The molecule has 34 heavy (non-hydrogen) atoms. The first-order chi connectivity index (χ1) is 16.3. The molecule has 2 aromatic carbocycles. The van der Waals surface area contributed by atoms with Crippen LogP contribution in [-0.4, -0.2) is 22.9 Å². The van der Waals surface area contributed by atoms with Crippen molar-refractivity contribution in [2.45, 2.75) is 31.2 Å². The number of thiazole rings is 2. The number of hydrogen-bond acceptors (Lipinski definition) is 7. The molecule has 0 spiro atoms. The maximum absolute atomic E-state index is 13.3. The zero-order chi connectivity index (χ0) is 23.7. The summed E-state index contributed by atoms with van der Waals surface area (Å²) in [5, 5.41) is 9.39. The fourth-order valence-corrected chi connectivity index (χ4v) is 5.80. The Kier molecular flexibility index (Phi) is 6.34. The Morgan fingerprint density at radius 2 is 1.76 bits per heavy atom. The van der Waals surface area contributed by atoms with Crippen molar-refractivity contribution < 1.29 is 17.4 Å². The molecule has 0 saturated heterocycles. The van der Waals surface area contributed by atoms with Crippen LogP contribution in [0.4, 0.5) is 15.2 Å². The normalized spacial score (nSPS) is 14.6. The highest BCUT2D eigenvalue weighted by atomic mass is 32.2. The van der Waals surface area contributed by atoms with Crippen LogP contribution in [0.1, 0.15) is 41.1 Å². The Hall–Kier alpha value is -2.86. The van der Waals surface area contributed by atoms with Gasteiger partial charge in [-0.05, 0) is 61.2 Å². The molecule has 5 rings (SSSR count). The molecule has 0 bridgehead atoms. The summed E-state index contributed by atoms with van der Waals surface area (Å²) in [6.07, 6.45) is 2.97. The van der Waals surface area contributed by atoms with E-state index in [2.05, 4.69) is 15.7 Å². The van der Waals surface area contributed by atoms with E-state index in [1.807, 2.05) is 22.2 Å². The molecule has 176 valence electrons. The van der Waals surface area contributed by atoms with E-state index in [-0.39, 0.29) is 17.5 Å². The molecule has 2 aromatic heterocycles. The SMILES string of the molecule is O=S(=O)(O)Nc1ccc(CC(Nc2nc(-c3ccc(F)cc3)cs2)c2csc(C3CC3)n2)cc1. The van der Waals surface area contributed by atoms with Gasteiger partial charge >= 0.3 is 10.3 Å². The van der Waals surface area contributed by atoms with E-state index in [0.717, 1.165) is 32.7 Å². The highest BCUT2D eigenvalue weighted by Gasteiger charge is 2.28. The fraction of sp³-hybridized carbons (Fsp3) is 0.217. The first-order valence-electron chi connectivity index (χ1n) is 10.6. The number of halogens is 1. The summed E-state index contributed by atoms with van der Waals surface area (Å²) in [4.78, 5) is 9.55. The van der Waals surface area contributed by atoms with E-state index in [4.69, 9.17) is 9.54 Å². The molecule has 3 N–H and O–H groups in total. The number of rotatable bonds is 9. The van der Waals surface area contributed by atoms with Gasteiger partial charge in [0.05, 0.1) is 28.1 Å². The Bertz CT molecular complexity index is 1380. The van der Waals surface area contributed by atoms with Gasteiger partial charge in [-0.15, -0.1) is 22.7 Å². The minimum absolute atomic E-state index is 0.142. The molecule has 0 radical (unpaired) electrons. The van der Waals surface area contributed by atoms with Crippen molar-refractivity contribution in [2.75, 3.05) is 10.0 Å². The van der Waals surface area contributed by atoms with Crippen LogP contribution in [0, 0.1) is 5.82 Å². The standard InChI is InChI=1S/C23H21FN4O3S3/c24-17-7-5-15(6-8-17)20-12-33-23(27-20)26-19(21-13-32-22(25-21)16-3-4-16)11-14-1-9-18(10-2-14)28-34(29,30)31/h1-2,5-10,12-13,16,19,28H,3-4,11H2,(H,26,27)(H,29,30,31).